The first-order chi connectivity index (χ1) is 50.7. The molecule has 600 valence electrons. The lowest BCUT2D eigenvalue weighted by Crippen LogP contribution is -2.30. The first-order valence-corrected chi connectivity index (χ1v) is 44.1. The van der Waals surface area contributed by atoms with Gasteiger partial charge in [-0.25, -0.2) is 9.13 Å². The summed E-state index contributed by atoms with van der Waals surface area (Å²) >= 11 is 0. The van der Waals surface area contributed by atoms with Crippen LogP contribution in [0.3, 0.4) is 0 Å². The van der Waals surface area contributed by atoms with Crippen molar-refractivity contribution < 1.29 is 80.2 Å². The molecule has 0 radical (unpaired) electrons. The summed E-state index contributed by atoms with van der Waals surface area (Å²) < 4.78 is 68.7. The van der Waals surface area contributed by atoms with Crippen molar-refractivity contribution in [3.8, 4) is 0 Å². The van der Waals surface area contributed by atoms with Crippen LogP contribution in [0.1, 0.15) is 349 Å². The summed E-state index contributed by atoms with van der Waals surface area (Å²) in [5.41, 5.74) is 0. The van der Waals surface area contributed by atoms with Gasteiger partial charge in [-0.1, -0.05) is 323 Å². The average Bonchev–Trinajstić information content (AvgIpc) is 0.913. The molecular formula is C85H148O17P2. The largest absolute Gasteiger partial charge is 0.472 e. The monoisotopic (exact) mass is 1500 g/mol. The Hall–Kier alpha value is -4.28. The van der Waals surface area contributed by atoms with Crippen molar-refractivity contribution in [2.45, 2.75) is 367 Å². The number of phosphoric ester groups is 2. The van der Waals surface area contributed by atoms with Crippen molar-refractivity contribution in [3.05, 3.63) is 109 Å². The van der Waals surface area contributed by atoms with E-state index in [4.69, 9.17) is 37.0 Å². The molecule has 0 aliphatic heterocycles. The lowest BCUT2D eigenvalue weighted by molar-refractivity contribution is -0.161. The van der Waals surface area contributed by atoms with E-state index in [9.17, 15) is 43.2 Å². The minimum atomic E-state index is -4.98. The van der Waals surface area contributed by atoms with Crippen LogP contribution in [0, 0.1) is 0 Å². The molecule has 0 spiro atoms. The van der Waals surface area contributed by atoms with E-state index in [0.717, 1.165) is 167 Å². The number of allylic oxidation sites excluding steroid dienone is 18. The molecule has 0 heterocycles. The number of aliphatic hydroxyl groups is 1. The van der Waals surface area contributed by atoms with Crippen LogP contribution in [0.2, 0.25) is 0 Å². The first-order valence-electron chi connectivity index (χ1n) is 41.1. The molecule has 5 atom stereocenters. The van der Waals surface area contributed by atoms with Gasteiger partial charge in [-0.3, -0.25) is 37.3 Å². The lowest BCUT2D eigenvalue weighted by atomic mass is 10.0. The number of carbonyl (C=O) groups is 4. The minimum absolute atomic E-state index is 0.0899. The zero-order valence-electron chi connectivity index (χ0n) is 65.7. The van der Waals surface area contributed by atoms with E-state index in [2.05, 4.69) is 137 Å². The number of esters is 4. The van der Waals surface area contributed by atoms with Crippen LogP contribution in [-0.4, -0.2) is 96.7 Å². The van der Waals surface area contributed by atoms with Crippen LogP contribution >= 0.6 is 15.6 Å². The highest BCUT2D eigenvalue weighted by Gasteiger charge is 2.30. The highest BCUT2D eigenvalue weighted by Crippen LogP contribution is 2.45. The molecule has 0 aromatic heterocycles. The molecule has 0 aliphatic carbocycles. The molecule has 0 saturated heterocycles. The third-order valence-corrected chi connectivity index (χ3v) is 19.2. The molecule has 0 aromatic carbocycles. The molecule has 0 rings (SSSR count). The molecular weight excluding hydrogens is 1350 g/mol. The van der Waals surface area contributed by atoms with Crippen LogP contribution in [0.15, 0.2) is 109 Å². The van der Waals surface area contributed by atoms with Gasteiger partial charge in [0.05, 0.1) is 26.4 Å². The summed E-state index contributed by atoms with van der Waals surface area (Å²) in [6.45, 7) is 4.65. The van der Waals surface area contributed by atoms with Gasteiger partial charge in [0.15, 0.2) is 12.2 Å². The molecule has 104 heavy (non-hydrogen) atoms. The molecule has 0 saturated carbocycles. The molecule has 0 aromatic rings. The second-order valence-electron chi connectivity index (χ2n) is 27.3. The molecule has 3 N–H and O–H groups in total. The summed E-state index contributed by atoms with van der Waals surface area (Å²) in [6, 6.07) is 0. The van der Waals surface area contributed by atoms with Gasteiger partial charge in [-0.2, -0.15) is 0 Å². The van der Waals surface area contributed by atoms with E-state index in [0.29, 0.717) is 25.7 Å². The Morgan fingerprint density at radius 3 is 0.779 bits per heavy atom. The number of hydrogen-bond donors (Lipinski definition) is 3. The summed E-state index contributed by atoms with van der Waals surface area (Å²) in [6.07, 6.45) is 83.4. The molecule has 0 fully saturated rings. The fourth-order valence-electron chi connectivity index (χ4n) is 11.1. The number of hydrogen-bond acceptors (Lipinski definition) is 15. The average molecular weight is 1500 g/mol. The first kappa shape index (κ1) is 99.7. The Kier molecular flexibility index (Phi) is 73.7. The lowest BCUT2D eigenvalue weighted by Gasteiger charge is -2.21. The van der Waals surface area contributed by atoms with Crippen molar-refractivity contribution in [2.75, 3.05) is 39.6 Å². The zero-order chi connectivity index (χ0) is 76.0. The Bertz CT molecular complexity index is 2390. The van der Waals surface area contributed by atoms with Crippen LogP contribution in [0.25, 0.3) is 0 Å². The summed E-state index contributed by atoms with van der Waals surface area (Å²) in [7, 11) is -9.96. The van der Waals surface area contributed by atoms with Crippen LogP contribution in [-0.2, 0) is 65.4 Å². The van der Waals surface area contributed by atoms with Gasteiger partial charge in [0.2, 0.25) is 0 Å². The molecule has 5 unspecified atom stereocenters. The molecule has 0 aliphatic rings. The van der Waals surface area contributed by atoms with Crippen molar-refractivity contribution in [2.24, 2.45) is 0 Å². The maximum atomic E-state index is 13.1. The Morgan fingerprint density at radius 2 is 0.500 bits per heavy atom. The number of unbranched alkanes of at least 4 members (excludes halogenated alkanes) is 33. The van der Waals surface area contributed by atoms with Crippen molar-refractivity contribution in [1.82, 2.24) is 0 Å². The normalized spacial score (nSPS) is 14.4. The maximum Gasteiger partial charge on any atom is 0.472 e. The van der Waals surface area contributed by atoms with Crippen molar-refractivity contribution in [3.63, 3.8) is 0 Å². The second-order valence-corrected chi connectivity index (χ2v) is 30.2. The van der Waals surface area contributed by atoms with Gasteiger partial charge >= 0.3 is 39.5 Å². The van der Waals surface area contributed by atoms with Gasteiger partial charge in [0.1, 0.15) is 19.3 Å². The minimum Gasteiger partial charge on any atom is -0.462 e. The third-order valence-electron chi connectivity index (χ3n) is 17.3. The fraction of sp³-hybridized carbons (Fsp3) is 0.741. The molecule has 19 heteroatoms. The van der Waals surface area contributed by atoms with E-state index in [1.54, 1.807) is 0 Å². The van der Waals surface area contributed by atoms with E-state index in [-0.39, 0.29) is 25.7 Å². The predicted molar refractivity (Wildman–Crippen MR) is 427 cm³/mol. The van der Waals surface area contributed by atoms with Gasteiger partial charge in [-0.15, -0.1) is 0 Å². The number of carbonyl (C=O) groups excluding carboxylic acids is 4. The number of ether oxygens (including phenoxy) is 4. The smallest absolute Gasteiger partial charge is 0.462 e. The Morgan fingerprint density at radius 1 is 0.279 bits per heavy atom. The van der Waals surface area contributed by atoms with Crippen LogP contribution in [0.5, 0.6) is 0 Å². The summed E-state index contributed by atoms with van der Waals surface area (Å²) in [5, 5.41) is 10.6. The fourth-order valence-corrected chi connectivity index (χ4v) is 12.6. The third kappa shape index (κ3) is 75.9. The van der Waals surface area contributed by atoms with E-state index >= 15 is 0 Å². The highest BCUT2D eigenvalue weighted by atomic mass is 31.2. The van der Waals surface area contributed by atoms with E-state index in [1.165, 1.54) is 103 Å². The molecule has 0 amide bonds. The van der Waals surface area contributed by atoms with E-state index < -0.39 is 97.5 Å². The summed E-state index contributed by atoms with van der Waals surface area (Å²) in [5.74, 6) is -2.20. The van der Waals surface area contributed by atoms with Crippen LogP contribution in [0.4, 0.5) is 0 Å². The molecule has 17 nitrogen and oxygen atoms in total. The van der Waals surface area contributed by atoms with Crippen molar-refractivity contribution in [1.29, 1.82) is 0 Å². The number of rotatable bonds is 77. The number of aliphatic hydroxyl groups excluding tert-OH is 1. The van der Waals surface area contributed by atoms with Gasteiger partial charge < -0.3 is 33.8 Å². The highest BCUT2D eigenvalue weighted by molar-refractivity contribution is 7.47. The van der Waals surface area contributed by atoms with Crippen LogP contribution < -0.4 is 0 Å². The van der Waals surface area contributed by atoms with Gasteiger partial charge in [0, 0.05) is 25.7 Å². The predicted octanol–water partition coefficient (Wildman–Crippen LogP) is 24.1. The SMILES string of the molecule is CC/C=C\C/C=C\C/C=C\C/C=C\C/C=C\CCCCCC(=O)OCC(COP(=O)(O)OCC(O)COP(=O)(O)OCC(COC(=O)CCCCCCCC/C=C\C/C=C\C/C=C\C/C=C\CC)OC(=O)CCCCCCCCCCCCCCC)OC(=O)CCCCCCCCCCCCCCC. The van der Waals surface area contributed by atoms with Gasteiger partial charge in [0.25, 0.3) is 0 Å². The molecule has 0 bridgehead atoms. The summed E-state index contributed by atoms with van der Waals surface area (Å²) in [4.78, 5) is 73.1. The van der Waals surface area contributed by atoms with Gasteiger partial charge in [-0.05, 0) is 109 Å². The topological polar surface area (TPSA) is 237 Å². The standard InChI is InChI=1S/C85H148O17P2/c1-5-9-13-17-21-25-29-33-35-37-39-41-43-47-49-53-57-61-65-69-82(87)95-75-80(101-84(89)71-67-63-59-55-51-45-31-27-23-19-15-11-7-3)77-99-103(91,92)97-73-79(86)74-98-104(93,94)100-78-81(102-85(90)72-68-64-60-56-52-46-32-28-24-20-16-12-8-4)76-96-83(88)70-66-62-58-54-50-48-44-42-40-38-36-34-30-26-22-18-14-10-6-2/h9-10,13-14,21-22,25-26,33-36,39-42,47,49,79-81,86H,5-8,11-12,15-20,23-24,27-32,37-38,43-46,48,50-78H2,1-4H3,(H,91,92)(H,93,94)/b13-9-,14-10-,25-21-,26-22-,35-33-,36-34-,41-39-,42-40-,49-47-. The maximum absolute atomic E-state index is 13.1. The Labute approximate surface area is 632 Å². The van der Waals surface area contributed by atoms with Crippen molar-refractivity contribution >= 4 is 39.5 Å². The second kappa shape index (κ2) is 76.9. The Balaban J connectivity index is 5.35. The number of phosphoric acid groups is 2. The van der Waals surface area contributed by atoms with E-state index in [1.807, 2.05) is 0 Å². The zero-order valence-corrected chi connectivity index (χ0v) is 67.5. The quantitative estimate of drug-likeness (QED) is 0.0169.